The highest BCUT2D eigenvalue weighted by molar-refractivity contribution is 6.30. The SMILES string of the molecule is O=C(C1C[C@H]1c1ccc(F)cc1)N(Cc1ccc(Cl)cc1)Cc1ccccn1. The van der Waals surface area contributed by atoms with Crippen LogP contribution in [-0.2, 0) is 17.9 Å². The van der Waals surface area contributed by atoms with Crippen LogP contribution in [0, 0.1) is 11.7 Å². The molecule has 1 fully saturated rings. The molecule has 2 atom stereocenters. The Hall–Kier alpha value is -2.72. The van der Waals surface area contributed by atoms with Gasteiger partial charge in [0.1, 0.15) is 5.82 Å². The molecular weight excluding hydrogens is 375 g/mol. The van der Waals surface area contributed by atoms with Crippen LogP contribution in [0.2, 0.25) is 5.02 Å². The fourth-order valence-corrected chi connectivity index (χ4v) is 3.62. The van der Waals surface area contributed by atoms with Gasteiger partial charge in [0.2, 0.25) is 5.91 Å². The van der Waals surface area contributed by atoms with Gasteiger partial charge in [0, 0.05) is 23.7 Å². The van der Waals surface area contributed by atoms with Gasteiger partial charge in [-0.05, 0) is 59.9 Å². The normalized spacial score (nSPS) is 17.9. The lowest BCUT2D eigenvalue weighted by Gasteiger charge is -2.23. The van der Waals surface area contributed by atoms with Gasteiger partial charge in [-0.2, -0.15) is 0 Å². The second kappa shape index (κ2) is 8.11. The van der Waals surface area contributed by atoms with Crippen LogP contribution in [0.3, 0.4) is 0 Å². The zero-order valence-electron chi connectivity index (χ0n) is 15.3. The molecule has 4 rings (SSSR count). The summed E-state index contributed by atoms with van der Waals surface area (Å²) in [6, 6.07) is 19.7. The predicted octanol–water partition coefficient (Wildman–Crippen LogP) is 5.21. The van der Waals surface area contributed by atoms with Gasteiger partial charge in [-0.25, -0.2) is 4.39 Å². The summed E-state index contributed by atoms with van der Waals surface area (Å²) < 4.78 is 13.2. The smallest absolute Gasteiger partial charge is 0.226 e. The van der Waals surface area contributed by atoms with Crippen molar-refractivity contribution in [1.29, 1.82) is 0 Å². The number of nitrogens with zero attached hydrogens (tertiary/aromatic N) is 2. The number of halogens is 2. The molecule has 1 aliphatic carbocycles. The molecule has 1 unspecified atom stereocenters. The molecule has 3 nitrogen and oxygen atoms in total. The first-order valence-corrected chi connectivity index (χ1v) is 9.66. The van der Waals surface area contributed by atoms with Gasteiger partial charge in [0.25, 0.3) is 0 Å². The fourth-order valence-electron chi connectivity index (χ4n) is 3.49. The summed E-state index contributed by atoms with van der Waals surface area (Å²) in [5, 5.41) is 0.671. The molecule has 0 radical (unpaired) electrons. The maximum atomic E-state index is 13.2. The number of amides is 1. The Bertz CT molecular complexity index is 945. The first-order chi connectivity index (χ1) is 13.6. The maximum absolute atomic E-state index is 13.2. The van der Waals surface area contributed by atoms with Crippen LogP contribution in [0.1, 0.15) is 29.2 Å². The van der Waals surface area contributed by atoms with Crippen LogP contribution in [0.4, 0.5) is 4.39 Å². The molecule has 1 aliphatic rings. The molecule has 0 N–H and O–H groups in total. The van der Waals surface area contributed by atoms with Gasteiger partial charge >= 0.3 is 0 Å². The summed E-state index contributed by atoms with van der Waals surface area (Å²) in [5.74, 6) is -0.0623. The highest BCUT2D eigenvalue weighted by Crippen LogP contribution is 2.48. The second-order valence-corrected chi connectivity index (χ2v) is 7.58. The average Bonchev–Trinajstić information content (AvgIpc) is 3.51. The van der Waals surface area contributed by atoms with Gasteiger partial charge in [-0.15, -0.1) is 0 Å². The number of rotatable bonds is 6. The molecule has 0 aliphatic heterocycles. The predicted molar refractivity (Wildman–Crippen MR) is 107 cm³/mol. The van der Waals surface area contributed by atoms with Gasteiger partial charge in [-0.3, -0.25) is 9.78 Å². The zero-order valence-corrected chi connectivity index (χ0v) is 16.0. The van der Waals surface area contributed by atoms with Crippen molar-refractivity contribution >= 4 is 17.5 Å². The maximum Gasteiger partial charge on any atom is 0.226 e. The van der Waals surface area contributed by atoms with Crippen molar-refractivity contribution in [3.05, 3.63) is 101 Å². The van der Waals surface area contributed by atoms with Crippen molar-refractivity contribution < 1.29 is 9.18 Å². The number of carbonyl (C=O) groups is 1. The van der Waals surface area contributed by atoms with E-state index in [9.17, 15) is 9.18 Å². The largest absolute Gasteiger partial charge is 0.332 e. The molecule has 5 heteroatoms. The fraction of sp³-hybridized carbons (Fsp3) is 0.217. The van der Waals surface area contributed by atoms with Gasteiger partial charge in [-0.1, -0.05) is 41.9 Å². The van der Waals surface area contributed by atoms with E-state index in [0.717, 1.165) is 23.2 Å². The van der Waals surface area contributed by atoms with Crippen LogP contribution in [0.5, 0.6) is 0 Å². The van der Waals surface area contributed by atoms with Crippen LogP contribution >= 0.6 is 11.6 Å². The lowest BCUT2D eigenvalue weighted by atomic mass is 10.1. The lowest BCUT2D eigenvalue weighted by molar-refractivity contribution is -0.134. The summed E-state index contributed by atoms with van der Waals surface area (Å²) in [6.07, 6.45) is 2.53. The zero-order chi connectivity index (χ0) is 19.5. The molecule has 1 aromatic heterocycles. The van der Waals surface area contributed by atoms with Gasteiger partial charge < -0.3 is 4.90 Å². The monoisotopic (exact) mass is 394 g/mol. The molecule has 1 heterocycles. The van der Waals surface area contributed by atoms with Crippen molar-refractivity contribution in [2.45, 2.75) is 25.4 Å². The van der Waals surface area contributed by atoms with E-state index in [2.05, 4.69) is 4.98 Å². The molecule has 2 aromatic carbocycles. The Balaban J connectivity index is 1.51. The Kier molecular flexibility index (Phi) is 5.40. The van der Waals surface area contributed by atoms with Crippen molar-refractivity contribution in [3.63, 3.8) is 0 Å². The Labute approximate surface area is 168 Å². The topological polar surface area (TPSA) is 33.2 Å². The highest BCUT2D eigenvalue weighted by Gasteiger charge is 2.45. The van der Waals surface area contributed by atoms with Gasteiger partial charge in [0.15, 0.2) is 0 Å². The first-order valence-electron chi connectivity index (χ1n) is 9.29. The van der Waals surface area contributed by atoms with Gasteiger partial charge in [0.05, 0.1) is 12.2 Å². The molecule has 28 heavy (non-hydrogen) atoms. The van der Waals surface area contributed by atoms with E-state index in [1.54, 1.807) is 18.3 Å². The standard InChI is InChI=1S/C23H20ClFN2O/c24-18-8-4-16(5-9-18)14-27(15-20-3-1-2-12-26-20)23(28)22-13-21(22)17-6-10-19(25)11-7-17/h1-12,21-22H,13-15H2/t21-,22?/m0/s1. The van der Waals surface area contributed by atoms with Crippen molar-refractivity contribution in [2.24, 2.45) is 5.92 Å². The van der Waals surface area contributed by atoms with Crippen LogP contribution in [-0.4, -0.2) is 15.8 Å². The number of benzene rings is 2. The lowest BCUT2D eigenvalue weighted by Crippen LogP contribution is -2.32. The minimum atomic E-state index is -0.258. The van der Waals surface area contributed by atoms with E-state index in [1.807, 2.05) is 47.4 Å². The average molecular weight is 395 g/mol. The van der Waals surface area contributed by atoms with E-state index >= 15 is 0 Å². The van der Waals surface area contributed by atoms with E-state index in [0.29, 0.717) is 18.1 Å². The third-order valence-corrected chi connectivity index (χ3v) is 5.34. The van der Waals surface area contributed by atoms with Crippen LogP contribution < -0.4 is 0 Å². The summed E-state index contributed by atoms with van der Waals surface area (Å²) in [4.78, 5) is 19.4. The van der Waals surface area contributed by atoms with Crippen LogP contribution in [0.15, 0.2) is 72.9 Å². The summed E-state index contributed by atoms with van der Waals surface area (Å²) in [7, 11) is 0. The van der Waals surface area contributed by atoms with E-state index in [4.69, 9.17) is 11.6 Å². The number of pyridine rings is 1. The molecule has 1 saturated carbocycles. The van der Waals surface area contributed by atoms with Crippen LogP contribution in [0.25, 0.3) is 0 Å². The van der Waals surface area contributed by atoms with E-state index in [1.165, 1.54) is 12.1 Å². The minimum Gasteiger partial charge on any atom is -0.332 e. The quantitative estimate of drug-likeness (QED) is 0.575. The molecule has 3 aromatic rings. The number of carbonyl (C=O) groups excluding carboxylic acids is 1. The van der Waals surface area contributed by atoms with E-state index < -0.39 is 0 Å². The Morgan fingerprint density at radius 3 is 2.46 bits per heavy atom. The molecule has 0 spiro atoms. The minimum absolute atomic E-state index is 0.0681. The highest BCUT2D eigenvalue weighted by atomic mass is 35.5. The molecule has 0 saturated heterocycles. The molecular formula is C23H20ClFN2O. The number of hydrogen-bond donors (Lipinski definition) is 0. The molecule has 142 valence electrons. The van der Waals surface area contributed by atoms with Crippen molar-refractivity contribution in [3.8, 4) is 0 Å². The molecule has 1 amide bonds. The summed E-state index contributed by atoms with van der Waals surface area (Å²) >= 11 is 5.98. The van der Waals surface area contributed by atoms with Crippen molar-refractivity contribution in [2.75, 3.05) is 0 Å². The number of aromatic nitrogens is 1. The van der Waals surface area contributed by atoms with Crippen molar-refractivity contribution in [1.82, 2.24) is 9.88 Å². The first kappa shape index (κ1) is 18.6. The third kappa shape index (κ3) is 4.39. The second-order valence-electron chi connectivity index (χ2n) is 7.14. The van der Waals surface area contributed by atoms with E-state index in [-0.39, 0.29) is 23.6 Å². The summed E-state index contributed by atoms with van der Waals surface area (Å²) in [5.41, 5.74) is 2.89. The third-order valence-electron chi connectivity index (χ3n) is 5.08. The number of hydrogen-bond acceptors (Lipinski definition) is 2. The summed E-state index contributed by atoms with van der Waals surface area (Å²) in [6.45, 7) is 0.953. The Morgan fingerprint density at radius 2 is 1.79 bits per heavy atom. The molecule has 0 bridgehead atoms. The Morgan fingerprint density at radius 1 is 1.04 bits per heavy atom.